The van der Waals surface area contributed by atoms with Gasteiger partial charge in [-0.1, -0.05) is 30.3 Å². The molecule has 2 aliphatic rings. The second-order valence-corrected chi connectivity index (χ2v) is 6.09. The van der Waals surface area contributed by atoms with Crippen LogP contribution in [0.2, 0.25) is 0 Å². The lowest BCUT2D eigenvalue weighted by molar-refractivity contribution is -0.190. The molecule has 0 radical (unpaired) electrons. The van der Waals surface area contributed by atoms with E-state index >= 15 is 0 Å². The van der Waals surface area contributed by atoms with Crippen LogP contribution < -0.4 is 0 Å². The average molecular weight is 321 g/mol. The van der Waals surface area contributed by atoms with Crippen molar-refractivity contribution in [2.45, 2.75) is 31.7 Å². The van der Waals surface area contributed by atoms with Crippen LogP contribution in [0.1, 0.15) is 18.9 Å². The normalized spacial score (nSPS) is 27.2. The van der Waals surface area contributed by atoms with E-state index in [9.17, 15) is 4.79 Å². The molecule has 6 heteroatoms. The van der Waals surface area contributed by atoms with Crippen molar-refractivity contribution in [1.82, 2.24) is 5.06 Å². The number of ether oxygens (including phenoxy) is 3. The lowest BCUT2D eigenvalue weighted by Crippen LogP contribution is -2.42. The smallest absolute Gasteiger partial charge is 0.312 e. The largest absolute Gasteiger partial charge is 0.469 e. The highest BCUT2D eigenvalue weighted by atomic mass is 16.7. The highest BCUT2D eigenvalue weighted by Gasteiger charge is 2.46. The lowest BCUT2D eigenvalue weighted by atomic mass is 9.94. The highest BCUT2D eigenvalue weighted by Crippen LogP contribution is 2.34. The van der Waals surface area contributed by atoms with Gasteiger partial charge in [-0.15, -0.1) is 0 Å². The van der Waals surface area contributed by atoms with Gasteiger partial charge in [-0.3, -0.25) is 9.63 Å². The van der Waals surface area contributed by atoms with E-state index in [-0.39, 0.29) is 17.9 Å². The monoisotopic (exact) mass is 321 g/mol. The van der Waals surface area contributed by atoms with Crippen molar-refractivity contribution in [1.29, 1.82) is 0 Å². The van der Waals surface area contributed by atoms with Crippen molar-refractivity contribution in [3.8, 4) is 0 Å². The number of benzene rings is 1. The summed E-state index contributed by atoms with van der Waals surface area (Å²) in [6.07, 6.45) is 0.555. The van der Waals surface area contributed by atoms with E-state index in [1.54, 1.807) is 0 Å². The first-order valence-corrected chi connectivity index (χ1v) is 7.90. The highest BCUT2D eigenvalue weighted by molar-refractivity contribution is 5.73. The van der Waals surface area contributed by atoms with Gasteiger partial charge >= 0.3 is 5.97 Å². The third kappa shape index (κ3) is 3.72. The van der Waals surface area contributed by atoms with Crippen LogP contribution in [0.3, 0.4) is 0 Å². The first-order valence-electron chi connectivity index (χ1n) is 7.90. The fourth-order valence-corrected chi connectivity index (χ4v) is 3.18. The van der Waals surface area contributed by atoms with Gasteiger partial charge in [0.1, 0.15) is 5.92 Å². The van der Waals surface area contributed by atoms with Crippen molar-refractivity contribution >= 4 is 5.97 Å². The van der Waals surface area contributed by atoms with Crippen molar-refractivity contribution in [3.05, 3.63) is 35.9 Å². The Morgan fingerprint density at radius 2 is 2.00 bits per heavy atom. The zero-order valence-corrected chi connectivity index (χ0v) is 13.6. The Morgan fingerprint density at radius 3 is 2.65 bits per heavy atom. The maximum absolute atomic E-state index is 12.1. The summed E-state index contributed by atoms with van der Waals surface area (Å²) in [5.74, 6) is -1.28. The number of hydrogen-bond acceptors (Lipinski definition) is 6. The minimum Gasteiger partial charge on any atom is -0.469 e. The van der Waals surface area contributed by atoms with Gasteiger partial charge in [0, 0.05) is 13.0 Å². The molecule has 0 amide bonds. The topological polar surface area (TPSA) is 57.2 Å². The number of esters is 1. The fraction of sp³-hybridized carbons (Fsp3) is 0.588. The van der Waals surface area contributed by atoms with Gasteiger partial charge in [0.2, 0.25) is 0 Å². The van der Waals surface area contributed by atoms with Gasteiger partial charge in [-0.05, 0) is 12.5 Å². The van der Waals surface area contributed by atoms with Gasteiger partial charge in [-0.25, -0.2) is 0 Å². The second kappa shape index (κ2) is 6.97. The molecule has 0 aliphatic carbocycles. The van der Waals surface area contributed by atoms with E-state index in [2.05, 4.69) is 0 Å². The molecule has 0 N–H and O–H groups in total. The van der Waals surface area contributed by atoms with Gasteiger partial charge in [0.15, 0.2) is 5.79 Å². The molecule has 6 nitrogen and oxygen atoms in total. The standard InChI is InChI=1S/C17H23NO5/c1-17(21-8-9-22-17)10-15-14(16(19)20-2)12-23-18(15)11-13-6-4-3-5-7-13/h3-7,14-15H,8-12H2,1-2H3/t14-,15+/m0/s1. The van der Waals surface area contributed by atoms with Crippen LogP contribution in [-0.2, 0) is 30.4 Å². The van der Waals surface area contributed by atoms with Crippen LogP contribution in [0.5, 0.6) is 0 Å². The Kier molecular flexibility index (Phi) is 4.96. The van der Waals surface area contributed by atoms with Crippen molar-refractivity contribution in [2.24, 2.45) is 5.92 Å². The first-order chi connectivity index (χ1) is 11.1. The summed E-state index contributed by atoms with van der Waals surface area (Å²) in [6, 6.07) is 9.88. The van der Waals surface area contributed by atoms with E-state index in [4.69, 9.17) is 19.0 Å². The molecule has 0 unspecified atom stereocenters. The van der Waals surface area contributed by atoms with Crippen molar-refractivity contribution in [3.63, 3.8) is 0 Å². The van der Waals surface area contributed by atoms with Gasteiger partial charge in [0.25, 0.3) is 0 Å². The zero-order valence-electron chi connectivity index (χ0n) is 13.6. The average Bonchev–Trinajstić information content (AvgIpc) is 3.15. The van der Waals surface area contributed by atoms with Crippen LogP contribution in [-0.4, -0.2) is 49.8 Å². The Labute approximate surface area is 136 Å². The SMILES string of the molecule is COC(=O)[C@H]1CON(Cc2ccccc2)[C@@H]1CC1(C)OCCO1. The van der Waals surface area contributed by atoms with E-state index in [0.29, 0.717) is 32.8 Å². The Balaban J connectivity index is 1.75. The van der Waals surface area contributed by atoms with E-state index in [1.807, 2.05) is 42.3 Å². The molecule has 0 spiro atoms. The summed E-state index contributed by atoms with van der Waals surface area (Å²) in [4.78, 5) is 17.9. The maximum atomic E-state index is 12.1. The number of hydrogen-bond donors (Lipinski definition) is 0. The second-order valence-electron chi connectivity index (χ2n) is 6.09. The molecule has 1 aromatic carbocycles. The first kappa shape index (κ1) is 16.4. The van der Waals surface area contributed by atoms with Gasteiger partial charge < -0.3 is 14.2 Å². The van der Waals surface area contributed by atoms with Crippen LogP contribution in [0.25, 0.3) is 0 Å². The van der Waals surface area contributed by atoms with E-state index in [1.165, 1.54) is 7.11 Å². The predicted molar refractivity (Wildman–Crippen MR) is 82.2 cm³/mol. The van der Waals surface area contributed by atoms with Crippen LogP contribution in [0.15, 0.2) is 30.3 Å². The maximum Gasteiger partial charge on any atom is 0.312 e. The van der Waals surface area contributed by atoms with Gasteiger partial charge in [-0.2, -0.15) is 5.06 Å². The third-order valence-corrected chi connectivity index (χ3v) is 4.42. The lowest BCUT2D eigenvalue weighted by Gasteiger charge is -2.31. The molecule has 2 heterocycles. The van der Waals surface area contributed by atoms with Crippen molar-refractivity contribution < 1.29 is 23.8 Å². The summed E-state index contributed by atoms with van der Waals surface area (Å²) in [5, 5.41) is 1.85. The molecule has 2 saturated heterocycles. The molecule has 0 bridgehead atoms. The summed E-state index contributed by atoms with van der Waals surface area (Å²) in [6.45, 7) is 3.99. The number of methoxy groups -OCH3 is 1. The third-order valence-electron chi connectivity index (χ3n) is 4.42. The van der Waals surface area contributed by atoms with Crippen LogP contribution >= 0.6 is 0 Å². The molecular weight excluding hydrogens is 298 g/mol. The van der Waals surface area contributed by atoms with E-state index < -0.39 is 5.79 Å². The zero-order chi connectivity index (χ0) is 16.3. The van der Waals surface area contributed by atoms with Crippen molar-refractivity contribution in [2.75, 3.05) is 26.9 Å². The van der Waals surface area contributed by atoms with Crippen LogP contribution in [0, 0.1) is 5.92 Å². The molecule has 2 fully saturated rings. The number of carbonyl (C=O) groups is 1. The summed E-state index contributed by atoms with van der Waals surface area (Å²) >= 11 is 0. The molecular formula is C17H23NO5. The Morgan fingerprint density at radius 1 is 1.30 bits per heavy atom. The molecule has 126 valence electrons. The van der Waals surface area contributed by atoms with E-state index in [0.717, 1.165) is 5.56 Å². The minimum atomic E-state index is -0.681. The Hall–Kier alpha value is -1.47. The molecule has 2 atom stereocenters. The molecule has 1 aromatic rings. The fourth-order valence-electron chi connectivity index (χ4n) is 3.18. The van der Waals surface area contributed by atoms with Gasteiger partial charge in [0.05, 0.1) is 33.0 Å². The summed E-state index contributed by atoms with van der Waals surface area (Å²) < 4.78 is 16.3. The number of carbonyl (C=O) groups excluding carboxylic acids is 1. The number of nitrogens with zero attached hydrogens (tertiary/aromatic N) is 1. The molecule has 0 saturated carbocycles. The predicted octanol–water partition coefficient (Wildman–Crippen LogP) is 1.74. The molecule has 23 heavy (non-hydrogen) atoms. The Bertz CT molecular complexity index is 529. The summed E-state index contributed by atoms with van der Waals surface area (Å²) in [7, 11) is 1.41. The molecule has 2 aliphatic heterocycles. The van der Waals surface area contributed by atoms with Crippen LogP contribution in [0.4, 0.5) is 0 Å². The quantitative estimate of drug-likeness (QED) is 0.770. The number of rotatable bonds is 5. The summed E-state index contributed by atoms with van der Waals surface area (Å²) in [5.41, 5.74) is 1.13. The molecule has 3 rings (SSSR count). The number of hydroxylamine groups is 2. The minimum absolute atomic E-state index is 0.147. The molecule has 0 aromatic heterocycles.